The first-order chi connectivity index (χ1) is 24.2. The molecule has 0 spiro atoms. The largest absolute Gasteiger partial charge is 0.507 e. The van der Waals surface area contributed by atoms with Crippen LogP contribution in [0.5, 0.6) is 5.75 Å². The highest BCUT2D eigenvalue weighted by atomic mass is 35.5. The first-order valence-corrected chi connectivity index (χ1v) is 18.1. The lowest BCUT2D eigenvalue weighted by molar-refractivity contribution is -0.122. The number of carbonyl (C=O) groups excluding carboxylic acids is 1. The molecule has 1 aliphatic rings. The summed E-state index contributed by atoms with van der Waals surface area (Å²) in [5, 5.41) is 20.4. The summed E-state index contributed by atoms with van der Waals surface area (Å²) in [5.41, 5.74) is 0.969. The first-order valence-electron chi connectivity index (χ1n) is 16.3. The Labute approximate surface area is 304 Å². The van der Waals surface area contributed by atoms with Crippen molar-refractivity contribution in [3.8, 4) is 5.75 Å². The summed E-state index contributed by atoms with van der Waals surface area (Å²) in [6, 6.07) is 13.1. The van der Waals surface area contributed by atoms with E-state index in [1.165, 1.54) is 30.3 Å². The number of halogens is 5. The van der Waals surface area contributed by atoms with Crippen LogP contribution in [0.3, 0.4) is 0 Å². The smallest absolute Gasteiger partial charge is 0.339 e. The van der Waals surface area contributed by atoms with E-state index in [9.17, 15) is 37.0 Å². The highest BCUT2D eigenvalue weighted by molar-refractivity contribution is 7.89. The van der Waals surface area contributed by atoms with Crippen LogP contribution in [0.25, 0.3) is 0 Å². The number of hydrogen-bond donors (Lipinski definition) is 2. The van der Waals surface area contributed by atoms with Crippen LogP contribution >= 0.6 is 11.6 Å². The van der Waals surface area contributed by atoms with E-state index in [1.54, 1.807) is 0 Å². The molecule has 0 aliphatic heterocycles. The Hall–Kier alpha value is -4.46. The van der Waals surface area contributed by atoms with Crippen molar-refractivity contribution < 1.29 is 45.8 Å². The molecule has 1 amide bonds. The van der Waals surface area contributed by atoms with Gasteiger partial charge in [0, 0.05) is 28.9 Å². The third-order valence-electron chi connectivity index (χ3n) is 9.11. The molecule has 8 nitrogen and oxygen atoms in total. The number of carboxylic acid groups (broad SMARTS) is 1. The van der Waals surface area contributed by atoms with Gasteiger partial charge in [-0.05, 0) is 84.5 Å². The van der Waals surface area contributed by atoms with Gasteiger partial charge in [0.1, 0.15) is 17.4 Å². The Balaban J connectivity index is 1.68. The number of hydrogen-bond acceptors (Lipinski definition) is 5. The molecule has 0 bridgehead atoms. The summed E-state index contributed by atoms with van der Waals surface area (Å²) in [5.74, 6) is -10.9. The molecule has 5 rings (SSSR count). The molecule has 276 valence electrons. The predicted octanol–water partition coefficient (Wildman–Crippen LogP) is 8.60. The van der Waals surface area contributed by atoms with Gasteiger partial charge in [0.2, 0.25) is 15.9 Å². The minimum absolute atomic E-state index is 0.0258. The van der Waals surface area contributed by atoms with Crippen molar-refractivity contribution in [3.05, 3.63) is 122 Å². The second-order valence-electron chi connectivity index (χ2n) is 14.0. The van der Waals surface area contributed by atoms with E-state index in [2.05, 4.69) is 6.07 Å². The maximum Gasteiger partial charge on any atom is 0.339 e. The fourth-order valence-corrected chi connectivity index (χ4v) is 7.67. The average molecular weight is 761 g/mol. The van der Waals surface area contributed by atoms with E-state index in [0.29, 0.717) is 15.8 Å². The van der Waals surface area contributed by atoms with Gasteiger partial charge >= 0.3 is 5.97 Å². The lowest BCUT2D eigenvalue weighted by Crippen LogP contribution is -2.49. The number of phenols is 1. The van der Waals surface area contributed by atoms with Crippen LogP contribution in [0.1, 0.15) is 84.6 Å². The van der Waals surface area contributed by atoms with Crippen molar-refractivity contribution in [3.63, 3.8) is 0 Å². The van der Waals surface area contributed by atoms with Crippen LogP contribution in [0.15, 0.2) is 65.6 Å². The quantitative estimate of drug-likeness (QED) is 0.117. The number of carbonyl (C=O) groups is 2. The number of anilines is 1. The molecule has 0 unspecified atom stereocenters. The van der Waals surface area contributed by atoms with E-state index in [4.69, 9.17) is 11.6 Å². The Morgan fingerprint density at radius 2 is 1.48 bits per heavy atom. The van der Waals surface area contributed by atoms with Gasteiger partial charge in [0.05, 0.1) is 6.54 Å². The summed E-state index contributed by atoms with van der Waals surface area (Å²) in [6.07, 6.45) is 1.95. The summed E-state index contributed by atoms with van der Waals surface area (Å²) in [4.78, 5) is 25.6. The summed E-state index contributed by atoms with van der Waals surface area (Å²) >= 11 is 6.01. The van der Waals surface area contributed by atoms with Gasteiger partial charge in [-0.1, -0.05) is 62.7 Å². The maximum absolute atomic E-state index is 15.3. The molecular weight excluding hydrogens is 724 g/mol. The fourth-order valence-electron chi connectivity index (χ4n) is 5.86. The maximum atomic E-state index is 15.3. The summed E-state index contributed by atoms with van der Waals surface area (Å²) < 4.78 is 89.0. The second kappa shape index (κ2) is 14.5. The standard InChI is InChI=1S/C38H37ClF4N2O6S/c1-20-31(40)33(42)35(34(43)32(20)41)52(50,51)45(19-22-6-10-27(39)11-7-22)21(2)36(47)44(28-12-13-29(37(48)49)30(46)17-28)18-23-14-25(24-8-9-24)16-26(15-23)38(3,4)5/h6-7,10-17,21,24,46H,8-9,18-19H2,1-5H3,(H,48,49)/t21-/m0/s1. The van der Waals surface area contributed by atoms with Gasteiger partial charge in [-0.25, -0.2) is 30.8 Å². The number of sulfonamides is 1. The minimum atomic E-state index is -5.53. The Morgan fingerprint density at radius 1 is 0.885 bits per heavy atom. The molecule has 0 heterocycles. The minimum Gasteiger partial charge on any atom is -0.507 e. The van der Waals surface area contributed by atoms with E-state index in [0.717, 1.165) is 54.8 Å². The molecule has 1 aliphatic carbocycles. The SMILES string of the molecule is Cc1c(F)c(F)c(S(=O)(=O)N(Cc2ccc(Cl)cc2)[C@@H](C)C(=O)N(Cc2cc(C3CC3)cc(C(C)(C)C)c2)c2ccc(C(=O)O)c(O)c2)c(F)c1F. The van der Waals surface area contributed by atoms with E-state index < -0.39 is 79.5 Å². The van der Waals surface area contributed by atoms with Crippen molar-refractivity contribution in [2.24, 2.45) is 0 Å². The molecule has 4 aromatic carbocycles. The third-order valence-corrected chi connectivity index (χ3v) is 11.3. The van der Waals surface area contributed by atoms with Crippen LogP contribution in [0.2, 0.25) is 5.02 Å². The van der Waals surface area contributed by atoms with Crippen molar-refractivity contribution >= 4 is 39.2 Å². The van der Waals surface area contributed by atoms with Crippen molar-refractivity contribution in [2.75, 3.05) is 4.90 Å². The highest BCUT2D eigenvalue weighted by Crippen LogP contribution is 2.42. The van der Waals surface area contributed by atoms with E-state index in [-0.39, 0.29) is 28.2 Å². The predicted molar refractivity (Wildman–Crippen MR) is 188 cm³/mol. The van der Waals surface area contributed by atoms with Gasteiger partial charge in [0.15, 0.2) is 28.2 Å². The molecule has 1 fully saturated rings. The third kappa shape index (κ3) is 7.81. The van der Waals surface area contributed by atoms with Crippen LogP contribution in [0, 0.1) is 30.2 Å². The molecular formula is C38H37ClF4N2O6S. The van der Waals surface area contributed by atoms with Crippen molar-refractivity contribution in [2.45, 2.75) is 82.8 Å². The number of amides is 1. The fraction of sp³-hybridized carbons (Fsp3) is 0.316. The molecule has 2 N–H and O–H groups in total. The molecule has 0 saturated heterocycles. The van der Waals surface area contributed by atoms with Crippen LogP contribution in [-0.4, -0.2) is 40.9 Å². The number of rotatable bonds is 11. The normalized spacial score (nSPS) is 14.1. The topological polar surface area (TPSA) is 115 Å². The number of benzene rings is 4. The number of nitrogens with zero attached hydrogens (tertiary/aromatic N) is 2. The highest BCUT2D eigenvalue weighted by Gasteiger charge is 2.41. The zero-order chi connectivity index (χ0) is 38.4. The van der Waals surface area contributed by atoms with E-state index >= 15 is 8.78 Å². The summed E-state index contributed by atoms with van der Waals surface area (Å²) in [7, 11) is -5.53. The second-order valence-corrected chi connectivity index (χ2v) is 16.2. The zero-order valence-electron chi connectivity index (χ0n) is 29.0. The lowest BCUT2D eigenvalue weighted by atomic mass is 9.84. The van der Waals surface area contributed by atoms with Crippen LogP contribution in [0.4, 0.5) is 23.2 Å². The Morgan fingerprint density at radius 3 is 2.00 bits per heavy atom. The van der Waals surface area contributed by atoms with Gasteiger partial charge in [0.25, 0.3) is 0 Å². The molecule has 0 aromatic heterocycles. The monoisotopic (exact) mass is 760 g/mol. The van der Waals surface area contributed by atoms with Gasteiger partial charge in [-0.15, -0.1) is 0 Å². The Kier molecular flexibility index (Phi) is 10.8. The summed E-state index contributed by atoms with van der Waals surface area (Å²) in [6.45, 7) is 7.05. The number of aromatic carboxylic acids is 1. The molecule has 0 radical (unpaired) electrons. The number of aromatic hydroxyl groups is 1. The van der Waals surface area contributed by atoms with Crippen molar-refractivity contribution in [1.82, 2.24) is 4.31 Å². The van der Waals surface area contributed by atoms with Crippen LogP contribution in [-0.2, 0) is 33.3 Å². The van der Waals surface area contributed by atoms with Crippen molar-refractivity contribution in [1.29, 1.82) is 0 Å². The van der Waals surface area contributed by atoms with Crippen LogP contribution < -0.4 is 4.90 Å². The molecule has 52 heavy (non-hydrogen) atoms. The molecule has 1 saturated carbocycles. The molecule has 4 aromatic rings. The lowest BCUT2D eigenvalue weighted by Gasteiger charge is -2.33. The average Bonchev–Trinajstić information content (AvgIpc) is 3.93. The Bertz CT molecular complexity index is 2140. The van der Waals surface area contributed by atoms with E-state index in [1.807, 2.05) is 32.9 Å². The zero-order valence-corrected chi connectivity index (χ0v) is 30.5. The van der Waals surface area contributed by atoms with Gasteiger partial charge in [-0.2, -0.15) is 4.31 Å². The van der Waals surface area contributed by atoms with Gasteiger partial charge < -0.3 is 15.1 Å². The number of carboxylic acids is 1. The molecule has 1 atom stereocenters. The molecule has 14 heteroatoms. The van der Waals surface area contributed by atoms with Gasteiger partial charge in [-0.3, -0.25) is 4.79 Å². The first kappa shape index (κ1) is 38.8.